The molecule has 1 unspecified atom stereocenters. The minimum atomic E-state index is -0.538. The van der Waals surface area contributed by atoms with E-state index < -0.39 is 6.04 Å². The lowest BCUT2D eigenvalue weighted by Gasteiger charge is -2.23. The third-order valence-corrected chi connectivity index (χ3v) is 6.03. The zero-order chi connectivity index (χ0) is 21.1. The van der Waals surface area contributed by atoms with Crippen molar-refractivity contribution in [3.8, 4) is 10.7 Å². The summed E-state index contributed by atoms with van der Waals surface area (Å²) in [4.78, 5) is 16.2. The van der Waals surface area contributed by atoms with Gasteiger partial charge < -0.3 is 10.2 Å². The van der Waals surface area contributed by atoms with Gasteiger partial charge in [-0.05, 0) is 54.9 Å². The van der Waals surface area contributed by atoms with Crippen LogP contribution in [0.25, 0.3) is 10.7 Å². The summed E-state index contributed by atoms with van der Waals surface area (Å²) in [5.41, 5.74) is 2.66. The molecule has 2 aromatic carbocycles. The van der Waals surface area contributed by atoms with Crippen LogP contribution in [0.4, 0.5) is 17.1 Å². The SMILES string of the molecule is CC(C(=O)Nc1ccccc1N(C)c1ccccc1)n1c(-c2cccs2)n[nH]c1=S. The molecule has 2 aromatic heterocycles. The van der Waals surface area contributed by atoms with Crippen molar-refractivity contribution < 1.29 is 4.79 Å². The molecule has 152 valence electrons. The van der Waals surface area contributed by atoms with Crippen LogP contribution in [0.1, 0.15) is 13.0 Å². The average molecular weight is 436 g/mol. The van der Waals surface area contributed by atoms with Crippen molar-refractivity contribution in [1.29, 1.82) is 0 Å². The molecule has 6 nitrogen and oxygen atoms in total. The number of rotatable bonds is 6. The van der Waals surface area contributed by atoms with Gasteiger partial charge in [-0.2, -0.15) is 5.10 Å². The van der Waals surface area contributed by atoms with Crippen LogP contribution in [0, 0.1) is 4.77 Å². The van der Waals surface area contributed by atoms with Gasteiger partial charge in [0.2, 0.25) is 5.91 Å². The fourth-order valence-electron chi connectivity index (χ4n) is 3.26. The Bertz CT molecular complexity index is 1200. The molecule has 4 rings (SSSR count). The van der Waals surface area contributed by atoms with E-state index in [9.17, 15) is 4.79 Å². The lowest BCUT2D eigenvalue weighted by atomic mass is 10.2. The van der Waals surface area contributed by atoms with Gasteiger partial charge in [0.15, 0.2) is 10.6 Å². The van der Waals surface area contributed by atoms with Gasteiger partial charge in [0.25, 0.3) is 0 Å². The zero-order valence-corrected chi connectivity index (χ0v) is 18.2. The minimum absolute atomic E-state index is 0.167. The molecule has 1 atom stereocenters. The third-order valence-electron chi connectivity index (χ3n) is 4.88. The van der Waals surface area contributed by atoms with Crippen molar-refractivity contribution in [3.63, 3.8) is 0 Å². The van der Waals surface area contributed by atoms with Crippen molar-refractivity contribution in [1.82, 2.24) is 14.8 Å². The summed E-state index contributed by atoms with van der Waals surface area (Å²) in [6.07, 6.45) is 0. The Labute approximate surface area is 183 Å². The summed E-state index contributed by atoms with van der Waals surface area (Å²) >= 11 is 6.95. The molecule has 0 fully saturated rings. The van der Waals surface area contributed by atoms with Gasteiger partial charge in [-0.25, -0.2) is 0 Å². The Morgan fingerprint density at radius 1 is 1.13 bits per heavy atom. The van der Waals surface area contributed by atoms with Gasteiger partial charge in [-0.1, -0.05) is 36.4 Å². The first-order valence-electron chi connectivity index (χ1n) is 9.45. The number of nitrogens with zero attached hydrogens (tertiary/aromatic N) is 3. The number of anilines is 3. The van der Waals surface area contributed by atoms with Crippen molar-refractivity contribution in [2.75, 3.05) is 17.3 Å². The topological polar surface area (TPSA) is 66.0 Å². The lowest BCUT2D eigenvalue weighted by molar-refractivity contribution is -0.118. The summed E-state index contributed by atoms with van der Waals surface area (Å²) in [6, 6.07) is 21.1. The first kappa shape index (κ1) is 20.1. The zero-order valence-electron chi connectivity index (χ0n) is 16.6. The molecular formula is C22H21N5OS2. The van der Waals surface area contributed by atoms with Crippen LogP contribution in [0.15, 0.2) is 72.1 Å². The highest BCUT2D eigenvalue weighted by atomic mass is 32.1. The van der Waals surface area contributed by atoms with Gasteiger partial charge in [-0.15, -0.1) is 11.3 Å². The number of carbonyl (C=O) groups is 1. The molecule has 0 aliphatic rings. The summed E-state index contributed by atoms with van der Waals surface area (Å²) < 4.78 is 2.16. The monoisotopic (exact) mass is 435 g/mol. The summed E-state index contributed by atoms with van der Waals surface area (Å²) in [5.74, 6) is 0.492. The number of hydrogen-bond acceptors (Lipinski definition) is 5. The van der Waals surface area contributed by atoms with Crippen LogP contribution in [-0.4, -0.2) is 27.7 Å². The quantitative estimate of drug-likeness (QED) is 0.385. The predicted molar refractivity (Wildman–Crippen MR) is 125 cm³/mol. The molecule has 0 radical (unpaired) electrons. The Hall–Kier alpha value is -3.23. The lowest BCUT2D eigenvalue weighted by Crippen LogP contribution is -2.25. The maximum atomic E-state index is 13.2. The Kier molecular flexibility index (Phi) is 5.78. The van der Waals surface area contributed by atoms with E-state index in [1.54, 1.807) is 15.9 Å². The maximum absolute atomic E-state index is 13.2. The fraction of sp³-hybridized carbons (Fsp3) is 0.136. The molecule has 0 saturated carbocycles. The average Bonchev–Trinajstić information content (AvgIpc) is 3.43. The van der Waals surface area contributed by atoms with Crippen LogP contribution >= 0.6 is 23.6 Å². The van der Waals surface area contributed by atoms with E-state index in [2.05, 4.69) is 15.5 Å². The molecule has 30 heavy (non-hydrogen) atoms. The Morgan fingerprint density at radius 2 is 1.87 bits per heavy atom. The number of H-pyrrole nitrogens is 1. The number of nitrogens with one attached hydrogen (secondary N) is 2. The van der Waals surface area contributed by atoms with Crippen LogP contribution < -0.4 is 10.2 Å². The normalized spacial score (nSPS) is 11.8. The number of amides is 1. The number of carbonyl (C=O) groups excluding carboxylic acids is 1. The van der Waals surface area contributed by atoms with Crippen LogP contribution in [0.3, 0.4) is 0 Å². The van der Waals surface area contributed by atoms with Gasteiger partial charge in [0, 0.05) is 12.7 Å². The predicted octanol–water partition coefficient (Wildman–Crippen LogP) is 5.64. The van der Waals surface area contributed by atoms with E-state index >= 15 is 0 Å². The van der Waals surface area contributed by atoms with Gasteiger partial charge in [-0.3, -0.25) is 14.5 Å². The molecule has 0 bridgehead atoms. The molecular weight excluding hydrogens is 414 g/mol. The molecule has 0 aliphatic heterocycles. The molecule has 2 N–H and O–H groups in total. The number of benzene rings is 2. The molecule has 4 aromatic rings. The number of thiophene rings is 1. The van der Waals surface area contributed by atoms with Crippen molar-refractivity contribution >= 4 is 46.5 Å². The largest absolute Gasteiger partial charge is 0.343 e. The van der Waals surface area contributed by atoms with E-state index in [-0.39, 0.29) is 5.91 Å². The highest BCUT2D eigenvalue weighted by Gasteiger charge is 2.22. The van der Waals surface area contributed by atoms with E-state index in [4.69, 9.17) is 12.2 Å². The highest BCUT2D eigenvalue weighted by Crippen LogP contribution is 2.31. The third kappa shape index (κ3) is 3.92. The first-order chi connectivity index (χ1) is 14.6. The summed E-state index contributed by atoms with van der Waals surface area (Å²) in [5, 5.41) is 12.2. The number of para-hydroxylation sites is 3. The summed E-state index contributed by atoms with van der Waals surface area (Å²) in [7, 11) is 1.98. The second-order valence-electron chi connectivity index (χ2n) is 6.78. The molecule has 0 spiro atoms. The van der Waals surface area contributed by atoms with Crippen molar-refractivity contribution in [2.45, 2.75) is 13.0 Å². The second-order valence-corrected chi connectivity index (χ2v) is 8.11. The van der Waals surface area contributed by atoms with Gasteiger partial charge in [0.1, 0.15) is 6.04 Å². The van der Waals surface area contributed by atoms with E-state index in [0.29, 0.717) is 10.6 Å². The van der Waals surface area contributed by atoms with E-state index in [0.717, 1.165) is 21.9 Å². The van der Waals surface area contributed by atoms with Crippen molar-refractivity contribution in [3.05, 3.63) is 76.9 Å². The summed E-state index contributed by atoms with van der Waals surface area (Å²) in [6.45, 7) is 1.82. The molecule has 0 aliphatic carbocycles. The van der Waals surface area contributed by atoms with Gasteiger partial charge in [0.05, 0.1) is 16.3 Å². The van der Waals surface area contributed by atoms with Crippen LogP contribution in [0.2, 0.25) is 0 Å². The van der Waals surface area contributed by atoms with Gasteiger partial charge >= 0.3 is 0 Å². The smallest absolute Gasteiger partial charge is 0.247 e. The standard InChI is InChI=1S/C22H21N5OS2/c1-15(27-20(24-25-22(27)29)19-13-8-14-30-19)21(28)23-17-11-6-7-12-18(17)26(2)16-9-4-3-5-10-16/h3-15H,1-2H3,(H,23,28)(H,25,29). The second kappa shape index (κ2) is 8.64. The molecule has 1 amide bonds. The first-order valence-corrected chi connectivity index (χ1v) is 10.7. The molecule has 2 heterocycles. The van der Waals surface area contributed by atoms with E-state index in [1.807, 2.05) is 91.0 Å². The Balaban J connectivity index is 1.62. The molecule has 0 saturated heterocycles. The number of aromatic nitrogens is 3. The van der Waals surface area contributed by atoms with Crippen LogP contribution in [0.5, 0.6) is 0 Å². The number of aromatic amines is 1. The highest BCUT2D eigenvalue weighted by molar-refractivity contribution is 7.71. The minimum Gasteiger partial charge on any atom is -0.343 e. The number of hydrogen-bond donors (Lipinski definition) is 2. The fourth-order valence-corrected chi connectivity index (χ4v) is 4.26. The maximum Gasteiger partial charge on any atom is 0.247 e. The van der Waals surface area contributed by atoms with Crippen molar-refractivity contribution in [2.24, 2.45) is 0 Å². The Morgan fingerprint density at radius 3 is 2.60 bits per heavy atom. The van der Waals surface area contributed by atoms with Crippen LogP contribution in [-0.2, 0) is 4.79 Å². The van der Waals surface area contributed by atoms with E-state index in [1.165, 1.54) is 0 Å². The molecule has 8 heteroatoms.